The van der Waals surface area contributed by atoms with Crippen molar-refractivity contribution in [1.29, 1.82) is 0 Å². The van der Waals surface area contributed by atoms with Crippen LogP contribution in [0.25, 0.3) is 0 Å². The molecular weight excluding hydrogens is 402 g/mol. The molecule has 1 aromatic rings. The fraction of sp³-hybridized carbons (Fsp3) is 0.609. The third kappa shape index (κ3) is 12.0. The van der Waals surface area contributed by atoms with Crippen molar-refractivity contribution in [3.8, 4) is 0 Å². The van der Waals surface area contributed by atoms with Crippen LogP contribution in [0.3, 0.4) is 0 Å². The fourth-order valence-corrected chi connectivity index (χ4v) is 2.66. The number of esters is 1. The molecule has 1 aromatic carbocycles. The first-order valence-corrected chi connectivity index (χ1v) is 10.7. The minimum absolute atomic E-state index is 0.273. The zero-order valence-electron chi connectivity index (χ0n) is 18.9. The van der Waals surface area contributed by atoms with Crippen LogP contribution in [-0.4, -0.2) is 48.6 Å². The van der Waals surface area contributed by atoms with Gasteiger partial charge in [0.15, 0.2) is 0 Å². The summed E-state index contributed by atoms with van der Waals surface area (Å²) in [6.45, 7) is 8.91. The molecule has 31 heavy (non-hydrogen) atoms. The van der Waals surface area contributed by atoms with Gasteiger partial charge in [-0.25, -0.2) is 9.59 Å². The van der Waals surface area contributed by atoms with Crippen LogP contribution in [-0.2, 0) is 19.0 Å². The van der Waals surface area contributed by atoms with Crippen molar-refractivity contribution in [2.45, 2.75) is 71.4 Å². The molecule has 0 saturated heterocycles. The van der Waals surface area contributed by atoms with Gasteiger partial charge in [0.25, 0.3) is 0 Å². The molecule has 8 nitrogen and oxygen atoms in total. The van der Waals surface area contributed by atoms with Crippen LogP contribution in [0, 0.1) is 0 Å². The van der Waals surface area contributed by atoms with Gasteiger partial charge in [0.05, 0.1) is 24.6 Å². The third-order valence-corrected chi connectivity index (χ3v) is 4.15. The van der Waals surface area contributed by atoms with E-state index >= 15 is 0 Å². The lowest BCUT2D eigenvalue weighted by molar-refractivity contribution is -0.137. The second-order valence-corrected chi connectivity index (χ2v) is 8.23. The van der Waals surface area contributed by atoms with Gasteiger partial charge in [0.1, 0.15) is 5.60 Å². The van der Waals surface area contributed by atoms with Gasteiger partial charge in [-0.05, 0) is 57.7 Å². The number of benzene rings is 1. The number of unbranched alkanes of at least 4 members (excludes halogenated alkanes) is 2. The second-order valence-electron chi connectivity index (χ2n) is 8.23. The highest BCUT2D eigenvalue weighted by atomic mass is 16.6. The van der Waals surface area contributed by atoms with Crippen LogP contribution in [0.5, 0.6) is 0 Å². The van der Waals surface area contributed by atoms with E-state index in [1.807, 2.05) is 0 Å². The summed E-state index contributed by atoms with van der Waals surface area (Å²) in [7, 11) is 0. The molecule has 1 atom stereocenters. The molecule has 0 aliphatic carbocycles. The van der Waals surface area contributed by atoms with Gasteiger partial charge in [-0.1, -0.05) is 25.5 Å². The zero-order chi connectivity index (χ0) is 23.3. The molecule has 1 amide bonds. The molecule has 0 heterocycles. The van der Waals surface area contributed by atoms with Crippen LogP contribution in [0.4, 0.5) is 4.79 Å². The number of carboxylic acid groups (broad SMARTS) is 1. The number of amides is 1. The standard InChI is InChI=1S/C23H35NO7/c1-5-6-12-29-13-7-8-14-30-21(27)18-11-9-10-17(15-18)19(16-20(25)26)24-22(28)31-23(2,3)4/h9-11,15,19H,5-8,12-14,16H2,1-4H3,(H,24,28)(H,25,26). The maximum absolute atomic E-state index is 12.3. The Balaban J connectivity index is 2.65. The highest BCUT2D eigenvalue weighted by molar-refractivity contribution is 5.89. The van der Waals surface area contributed by atoms with Crippen LogP contribution in [0.15, 0.2) is 24.3 Å². The lowest BCUT2D eigenvalue weighted by Crippen LogP contribution is -2.35. The molecule has 1 unspecified atom stereocenters. The molecule has 1 rings (SSSR count). The van der Waals surface area contributed by atoms with Crippen molar-refractivity contribution in [1.82, 2.24) is 5.32 Å². The summed E-state index contributed by atoms with van der Waals surface area (Å²) < 4.78 is 16.0. The second kappa shape index (κ2) is 13.6. The highest BCUT2D eigenvalue weighted by Crippen LogP contribution is 2.20. The number of carbonyl (C=O) groups excluding carboxylic acids is 2. The summed E-state index contributed by atoms with van der Waals surface area (Å²) >= 11 is 0. The summed E-state index contributed by atoms with van der Waals surface area (Å²) in [5.74, 6) is -1.59. The molecule has 0 aliphatic rings. The molecule has 0 aliphatic heterocycles. The number of hydrogen-bond acceptors (Lipinski definition) is 6. The summed E-state index contributed by atoms with van der Waals surface area (Å²) in [5.41, 5.74) is 0.0509. The average Bonchev–Trinajstić information content (AvgIpc) is 2.67. The molecule has 0 radical (unpaired) electrons. The van der Waals surface area contributed by atoms with E-state index in [4.69, 9.17) is 14.2 Å². The first-order chi connectivity index (χ1) is 14.6. The minimum Gasteiger partial charge on any atom is -0.481 e. The lowest BCUT2D eigenvalue weighted by Gasteiger charge is -2.23. The summed E-state index contributed by atoms with van der Waals surface area (Å²) in [4.78, 5) is 35.7. The van der Waals surface area contributed by atoms with Crippen molar-refractivity contribution in [2.75, 3.05) is 19.8 Å². The Kier molecular flexibility index (Phi) is 11.6. The molecule has 2 N–H and O–H groups in total. The number of hydrogen-bond donors (Lipinski definition) is 2. The maximum atomic E-state index is 12.3. The number of carbonyl (C=O) groups is 3. The normalized spacial score (nSPS) is 12.1. The number of rotatable bonds is 13. The molecule has 174 valence electrons. The number of nitrogens with one attached hydrogen (secondary N) is 1. The quantitative estimate of drug-likeness (QED) is 0.346. The SMILES string of the molecule is CCCCOCCCCOC(=O)c1cccc(C(CC(=O)O)NC(=O)OC(C)(C)C)c1. The topological polar surface area (TPSA) is 111 Å². The molecule has 0 spiro atoms. The van der Waals surface area contributed by atoms with Gasteiger partial charge in [0.2, 0.25) is 0 Å². The number of carboxylic acids is 1. The monoisotopic (exact) mass is 437 g/mol. The van der Waals surface area contributed by atoms with E-state index in [9.17, 15) is 19.5 Å². The first kappa shape index (κ1) is 26.4. The largest absolute Gasteiger partial charge is 0.481 e. The van der Waals surface area contributed by atoms with Gasteiger partial charge in [-0.15, -0.1) is 0 Å². The summed E-state index contributed by atoms with van der Waals surface area (Å²) in [6, 6.07) is 5.54. The molecule has 0 aromatic heterocycles. The molecule has 8 heteroatoms. The van der Waals surface area contributed by atoms with E-state index in [1.54, 1.807) is 39.0 Å². The molecule has 0 saturated carbocycles. The van der Waals surface area contributed by atoms with E-state index < -0.39 is 29.7 Å². The Morgan fingerprint density at radius 3 is 2.39 bits per heavy atom. The van der Waals surface area contributed by atoms with Gasteiger partial charge in [-0.2, -0.15) is 0 Å². The van der Waals surface area contributed by atoms with E-state index in [0.717, 1.165) is 25.9 Å². The van der Waals surface area contributed by atoms with Crippen LogP contribution >= 0.6 is 0 Å². The lowest BCUT2D eigenvalue weighted by atomic mass is 10.0. The summed E-state index contributed by atoms with van der Waals surface area (Å²) in [6.07, 6.45) is 2.55. The smallest absolute Gasteiger partial charge is 0.408 e. The fourth-order valence-electron chi connectivity index (χ4n) is 2.66. The maximum Gasteiger partial charge on any atom is 0.408 e. The first-order valence-electron chi connectivity index (χ1n) is 10.7. The van der Waals surface area contributed by atoms with Crippen molar-refractivity contribution in [3.63, 3.8) is 0 Å². The van der Waals surface area contributed by atoms with Gasteiger partial charge in [-0.3, -0.25) is 4.79 Å². The molecular formula is C23H35NO7. The third-order valence-electron chi connectivity index (χ3n) is 4.15. The van der Waals surface area contributed by atoms with E-state index in [0.29, 0.717) is 18.6 Å². The van der Waals surface area contributed by atoms with E-state index in [1.165, 1.54) is 6.07 Å². The van der Waals surface area contributed by atoms with Gasteiger partial charge >= 0.3 is 18.0 Å². The van der Waals surface area contributed by atoms with Crippen molar-refractivity contribution >= 4 is 18.0 Å². The van der Waals surface area contributed by atoms with Crippen LogP contribution in [0.1, 0.15) is 81.8 Å². The highest BCUT2D eigenvalue weighted by Gasteiger charge is 2.23. The molecule has 0 fully saturated rings. The van der Waals surface area contributed by atoms with E-state index in [-0.39, 0.29) is 18.6 Å². The van der Waals surface area contributed by atoms with Crippen LogP contribution in [0.2, 0.25) is 0 Å². The predicted octanol–water partition coefficient (Wildman–Crippen LogP) is 4.48. The Labute approximate surface area is 184 Å². The summed E-state index contributed by atoms with van der Waals surface area (Å²) in [5, 5.41) is 11.8. The minimum atomic E-state index is -1.09. The van der Waals surface area contributed by atoms with Crippen LogP contribution < -0.4 is 5.32 Å². The Morgan fingerprint density at radius 2 is 1.74 bits per heavy atom. The molecule has 0 bridgehead atoms. The van der Waals surface area contributed by atoms with Crippen molar-refractivity contribution in [2.24, 2.45) is 0 Å². The van der Waals surface area contributed by atoms with E-state index in [2.05, 4.69) is 12.2 Å². The zero-order valence-corrected chi connectivity index (χ0v) is 18.9. The van der Waals surface area contributed by atoms with Crippen molar-refractivity contribution < 1.29 is 33.7 Å². The predicted molar refractivity (Wildman–Crippen MR) is 116 cm³/mol. The average molecular weight is 438 g/mol. The Bertz CT molecular complexity index is 712. The van der Waals surface area contributed by atoms with Gasteiger partial charge < -0.3 is 24.6 Å². The Hall–Kier alpha value is -2.61. The number of aliphatic carboxylic acids is 1. The van der Waals surface area contributed by atoms with Gasteiger partial charge in [0, 0.05) is 13.2 Å². The van der Waals surface area contributed by atoms with Crippen molar-refractivity contribution in [3.05, 3.63) is 35.4 Å². The number of ether oxygens (including phenoxy) is 3. The number of alkyl carbamates (subject to hydrolysis) is 1. The Morgan fingerprint density at radius 1 is 1.06 bits per heavy atom.